The van der Waals surface area contributed by atoms with Crippen LogP contribution < -0.4 is 10.4 Å². The Balaban J connectivity index is 2.44. The maximum Gasteiger partial charge on any atom is 0.353 e. The predicted octanol–water partition coefficient (Wildman–Crippen LogP) is 3.78. The summed E-state index contributed by atoms with van der Waals surface area (Å²) in [5.41, 5.74) is -0.314. The number of halogens is 2. The summed E-state index contributed by atoms with van der Waals surface area (Å²) in [5.74, 6) is -0.253. The van der Waals surface area contributed by atoms with Gasteiger partial charge in [-0.15, -0.1) is 11.8 Å². The molecule has 0 saturated heterocycles. The van der Waals surface area contributed by atoms with E-state index in [-0.39, 0.29) is 17.0 Å². The molecule has 1 heterocycles. The van der Waals surface area contributed by atoms with Gasteiger partial charge in [-0.25, -0.2) is 13.6 Å². The molecule has 24 heavy (non-hydrogen) atoms. The molecule has 0 amide bonds. The van der Waals surface area contributed by atoms with Gasteiger partial charge in [0, 0.05) is 11.5 Å². The molecule has 0 bridgehead atoms. The van der Waals surface area contributed by atoms with Crippen LogP contribution in [0.4, 0.5) is 8.78 Å². The molecule has 2 aromatic carbocycles. The Hall–Kier alpha value is -2.41. The average molecular weight is 348 g/mol. The van der Waals surface area contributed by atoms with Crippen LogP contribution in [0.1, 0.15) is 6.92 Å². The highest BCUT2D eigenvalue weighted by atomic mass is 32.2. The van der Waals surface area contributed by atoms with E-state index in [2.05, 4.69) is 4.98 Å². The Morgan fingerprint density at radius 1 is 1.25 bits per heavy atom. The molecule has 0 fully saturated rings. The van der Waals surface area contributed by atoms with Gasteiger partial charge in [0.05, 0.1) is 18.3 Å². The van der Waals surface area contributed by atoms with Crippen molar-refractivity contribution in [3.63, 3.8) is 0 Å². The molecular formula is C17H14F2N2O2S. The molecule has 124 valence electrons. The smallest absolute Gasteiger partial charge is 0.353 e. The monoisotopic (exact) mass is 348 g/mol. The van der Waals surface area contributed by atoms with Crippen LogP contribution in [0.15, 0.2) is 46.2 Å². The number of methoxy groups -OCH3 is 1. The summed E-state index contributed by atoms with van der Waals surface area (Å²) >= 11 is 1.36. The van der Waals surface area contributed by atoms with Crippen LogP contribution in [0, 0.1) is 11.6 Å². The summed E-state index contributed by atoms with van der Waals surface area (Å²) in [6.45, 7) is 1.92. The Kier molecular flexibility index (Phi) is 4.53. The van der Waals surface area contributed by atoms with Gasteiger partial charge >= 0.3 is 5.69 Å². The minimum atomic E-state index is -0.645. The van der Waals surface area contributed by atoms with Gasteiger partial charge in [0.2, 0.25) is 0 Å². The van der Waals surface area contributed by atoms with E-state index in [0.29, 0.717) is 16.2 Å². The molecule has 0 atom stereocenters. The summed E-state index contributed by atoms with van der Waals surface area (Å²) in [5, 5.41) is 0.988. The zero-order valence-electron chi connectivity index (χ0n) is 13.0. The molecule has 7 heteroatoms. The van der Waals surface area contributed by atoms with Crippen molar-refractivity contribution in [3.8, 4) is 11.4 Å². The third-order valence-corrected chi connectivity index (χ3v) is 4.37. The van der Waals surface area contributed by atoms with Crippen LogP contribution in [0.25, 0.3) is 16.6 Å². The van der Waals surface area contributed by atoms with Crippen LogP contribution >= 0.6 is 11.8 Å². The normalized spacial score (nSPS) is 11.0. The van der Waals surface area contributed by atoms with Gasteiger partial charge < -0.3 is 4.74 Å². The minimum absolute atomic E-state index is 0.0957. The van der Waals surface area contributed by atoms with Crippen molar-refractivity contribution in [2.45, 2.75) is 11.9 Å². The van der Waals surface area contributed by atoms with Crippen molar-refractivity contribution in [2.24, 2.45) is 0 Å². The molecule has 0 saturated carbocycles. The Morgan fingerprint density at radius 3 is 2.75 bits per heavy atom. The van der Waals surface area contributed by atoms with Gasteiger partial charge in [-0.3, -0.25) is 4.57 Å². The first-order valence-corrected chi connectivity index (χ1v) is 8.23. The van der Waals surface area contributed by atoms with Crippen LogP contribution in [0.3, 0.4) is 0 Å². The number of para-hydroxylation sites is 1. The van der Waals surface area contributed by atoms with E-state index in [1.807, 2.05) is 6.92 Å². The van der Waals surface area contributed by atoms with E-state index in [1.54, 1.807) is 12.1 Å². The number of aromatic nitrogens is 2. The highest BCUT2D eigenvalue weighted by Crippen LogP contribution is 2.30. The Labute approximate surface area is 141 Å². The van der Waals surface area contributed by atoms with Crippen molar-refractivity contribution in [1.82, 2.24) is 9.55 Å². The van der Waals surface area contributed by atoms with E-state index in [4.69, 9.17) is 4.74 Å². The lowest BCUT2D eigenvalue weighted by molar-refractivity contribution is 0.409. The minimum Gasteiger partial charge on any atom is -0.494 e. The Bertz CT molecular complexity index is 973. The lowest BCUT2D eigenvalue weighted by atomic mass is 10.2. The maximum atomic E-state index is 14.5. The standard InChI is InChI=1S/C17H14F2N2O2S/c1-3-24-16-11-5-4-6-12(19)15(11)21(17(22)20-16)13-8-7-10(18)9-14(13)23-2/h4-9H,3H2,1-2H3. The first-order valence-electron chi connectivity index (χ1n) is 7.24. The first kappa shape index (κ1) is 16.4. The number of hydrogen-bond donors (Lipinski definition) is 0. The second kappa shape index (κ2) is 6.60. The lowest BCUT2D eigenvalue weighted by Gasteiger charge is -2.15. The van der Waals surface area contributed by atoms with Crippen molar-refractivity contribution >= 4 is 22.7 Å². The highest BCUT2D eigenvalue weighted by Gasteiger charge is 2.18. The van der Waals surface area contributed by atoms with Gasteiger partial charge in [-0.1, -0.05) is 13.0 Å². The largest absolute Gasteiger partial charge is 0.494 e. The number of nitrogens with zero attached hydrogens (tertiary/aromatic N) is 2. The third-order valence-electron chi connectivity index (χ3n) is 3.49. The fourth-order valence-corrected chi connectivity index (χ4v) is 3.25. The molecule has 0 aliphatic rings. The number of rotatable bonds is 4. The molecule has 3 rings (SSSR count). The lowest BCUT2D eigenvalue weighted by Crippen LogP contribution is -2.23. The third kappa shape index (κ3) is 2.75. The molecule has 0 aliphatic carbocycles. The first-order chi connectivity index (χ1) is 11.6. The molecule has 0 radical (unpaired) electrons. The van der Waals surface area contributed by atoms with Crippen molar-refractivity contribution in [1.29, 1.82) is 0 Å². The predicted molar refractivity (Wildman–Crippen MR) is 90.2 cm³/mol. The molecule has 1 aromatic heterocycles. The van der Waals surface area contributed by atoms with Crippen LogP contribution in [0.2, 0.25) is 0 Å². The zero-order chi connectivity index (χ0) is 17.3. The number of hydrogen-bond acceptors (Lipinski definition) is 4. The summed E-state index contributed by atoms with van der Waals surface area (Å²) in [4.78, 5) is 16.6. The second-order valence-electron chi connectivity index (χ2n) is 4.92. The highest BCUT2D eigenvalue weighted by molar-refractivity contribution is 7.99. The van der Waals surface area contributed by atoms with Gasteiger partial charge in [-0.05, 0) is 30.0 Å². The molecule has 0 unspecified atom stereocenters. The summed E-state index contributed by atoms with van der Waals surface area (Å²) in [6.07, 6.45) is 0. The second-order valence-corrected chi connectivity index (χ2v) is 6.17. The van der Waals surface area contributed by atoms with E-state index < -0.39 is 17.3 Å². The molecule has 3 aromatic rings. The number of benzene rings is 2. The average Bonchev–Trinajstić information content (AvgIpc) is 2.56. The van der Waals surface area contributed by atoms with Gasteiger partial charge in [0.25, 0.3) is 0 Å². The van der Waals surface area contributed by atoms with Gasteiger partial charge in [0.15, 0.2) is 0 Å². The molecule has 0 spiro atoms. The SMILES string of the molecule is CCSc1nc(=O)n(-c2ccc(F)cc2OC)c2c(F)cccc12. The van der Waals surface area contributed by atoms with Crippen molar-refractivity contribution in [2.75, 3.05) is 12.9 Å². The number of thioether (sulfide) groups is 1. The van der Waals surface area contributed by atoms with E-state index in [9.17, 15) is 13.6 Å². The number of fused-ring (bicyclic) bond motifs is 1. The molecule has 4 nitrogen and oxygen atoms in total. The molecule has 0 N–H and O–H groups in total. The van der Waals surface area contributed by atoms with Crippen molar-refractivity contribution < 1.29 is 13.5 Å². The summed E-state index contributed by atoms with van der Waals surface area (Å²) in [6, 6.07) is 8.24. The van der Waals surface area contributed by atoms with Crippen LogP contribution in [-0.2, 0) is 0 Å². The maximum absolute atomic E-state index is 14.5. The topological polar surface area (TPSA) is 44.1 Å². The fraction of sp³-hybridized carbons (Fsp3) is 0.176. The van der Waals surface area contributed by atoms with Gasteiger partial charge in [0.1, 0.15) is 22.4 Å². The quantitative estimate of drug-likeness (QED) is 0.532. The van der Waals surface area contributed by atoms with Crippen LogP contribution in [-0.4, -0.2) is 22.4 Å². The summed E-state index contributed by atoms with van der Waals surface area (Å²) < 4.78 is 34.2. The van der Waals surface area contributed by atoms with Gasteiger partial charge in [-0.2, -0.15) is 4.98 Å². The van der Waals surface area contributed by atoms with E-state index in [1.165, 1.54) is 37.1 Å². The summed E-state index contributed by atoms with van der Waals surface area (Å²) in [7, 11) is 1.36. The molecular weight excluding hydrogens is 334 g/mol. The zero-order valence-corrected chi connectivity index (χ0v) is 13.9. The number of ether oxygens (including phenoxy) is 1. The van der Waals surface area contributed by atoms with Crippen LogP contribution in [0.5, 0.6) is 5.75 Å². The molecule has 0 aliphatic heterocycles. The van der Waals surface area contributed by atoms with E-state index in [0.717, 1.165) is 10.6 Å². The Morgan fingerprint density at radius 2 is 2.04 bits per heavy atom. The fourth-order valence-electron chi connectivity index (χ4n) is 2.51. The van der Waals surface area contributed by atoms with E-state index >= 15 is 0 Å². The van der Waals surface area contributed by atoms with Crippen molar-refractivity contribution in [3.05, 3.63) is 58.5 Å².